The van der Waals surface area contributed by atoms with Crippen LogP contribution in [0, 0.1) is 6.92 Å². The van der Waals surface area contributed by atoms with Crippen molar-refractivity contribution in [3.63, 3.8) is 0 Å². The summed E-state index contributed by atoms with van der Waals surface area (Å²) in [4.78, 5) is 12.7. The number of nitrogens with one attached hydrogen (secondary N) is 1. The molecule has 21 heavy (non-hydrogen) atoms. The van der Waals surface area contributed by atoms with Crippen molar-refractivity contribution < 1.29 is 4.74 Å². The number of rotatable bonds is 8. The first-order valence-electron chi connectivity index (χ1n) is 7.39. The largest absolute Gasteiger partial charge is 0.482 e. The lowest BCUT2D eigenvalue weighted by atomic mass is 10.2. The summed E-state index contributed by atoms with van der Waals surface area (Å²) >= 11 is 0. The highest BCUT2D eigenvalue weighted by molar-refractivity contribution is 5.47. The van der Waals surface area contributed by atoms with Gasteiger partial charge in [0.15, 0.2) is 11.6 Å². The van der Waals surface area contributed by atoms with Crippen LogP contribution in [-0.4, -0.2) is 21.5 Å². The van der Waals surface area contributed by atoms with E-state index in [9.17, 15) is 0 Å². The Labute approximate surface area is 125 Å². The van der Waals surface area contributed by atoms with Crippen molar-refractivity contribution in [1.29, 1.82) is 0 Å². The van der Waals surface area contributed by atoms with E-state index in [1.54, 1.807) is 6.20 Å². The van der Waals surface area contributed by atoms with E-state index in [0.29, 0.717) is 12.4 Å². The number of nitrogens with zero attached hydrogens (tertiary/aromatic N) is 3. The summed E-state index contributed by atoms with van der Waals surface area (Å²) in [6.07, 6.45) is 6.75. The van der Waals surface area contributed by atoms with Crippen molar-refractivity contribution in [2.45, 2.75) is 39.7 Å². The number of anilines is 1. The maximum absolute atomic E-state index is 5.79. The predicted octanol–water partition coefficient (Wildman–Crippen LogP) is 3.36. The number of aromatic nitrogens is 3. The molecule has 2 rings (SSSR count). The third-order valence-corrected chi connectivity index (χ3v) is 3.07. The first-order chi connectivity index (χ1) is 10.3. The van der Waals surface area contributed by atoms with Crippen LogP contribution >= 0.6 is 0 Å². The van der Waals surface area contributed by atoms with Crippen molar-refractivity contribution in [3.05, 3.63) is 42.1 Å². The first kappa shape index (κ1) is 15.2. The van der Waals surface area contributed by atoms with E-state index in [2.05, 4.69) is 27.2 Å². The number of pyridine rings is 1. The Morgan fingerprint density at radius 2 is 2.14 bits per heavy atom. The van der Waals surface area contributed by atoms with Crippen LogP contribution < -0.4 is 10.1 Å². The van der Waals surface area contributed by atoms with Crippen LogP contribution in [0.3, 0.4) is 0 Å². The fraction of sp³-hybridized carbons (Fsp3) is 0.438. The molecule has 2 aromatic rings. The SMILES string of the molecule is CCCCCNc1ncncc1OCc1cccc(C)n1. The summed E-state index contributed by atoms with van der Waals surface area (Å²) in [7, 11) is 0. The van der Waals surface area contributed by atoms with Gasteiger partial charge in [0.2, 0.25) is 0 Å². The standard InChI is InChI=1S/C16H22N4O/c1-3-4-5-9-18-16-15(10-17-12-19-16)21-11-14-8-6-7-13(2)20-14/h6-8,10,12H,3-5,9,11H2,1-2H3,(H,17,18,19). The van der Waals surface area contributed by atoms with E-state index in [1.807, 2.05) is 25.1 Å². The summed E-state index contributed by atoms with van der Waals surface area (Å²) in [5.41, 5.74) is 1.88. The highest BCUT2D eigenvalue weighted by Crippen LogP contribution is 2.20. The van der Waals surface area contributed by atoms with Crippen molar-refractivity contribution >= 4 is 5.82 Å². The molecule has 2 heterocycles. The zero-order chi connectivity index (χ0) is 14.9. The number of ether oxygens (including phenoxy) is 1. The summed E-state index contributed by atoms with van der Waals surface area (Å²) < 4.78 is 5.79. The fourth-order valence-electron chi connectivity index (χ4n) is 1.97. The second-order valence-electron chi connectivity index (χ2n) is 4.93. The highest BCUT2D eigenvalue weighted by atomic mass is 16.5. The van der Waals surface area contributed by atoms with Crippen LogP contribution in [0.2, 0.25) is 0 Å². The van der Waals surface area contributed by atoms with Gasteiger partial charge in [-0.3, -0.25) is 4.98 Å². The quantitative estimate of drug-likeness (QED) is 0.754. The molecule has 0 aliphatic heterocycles. The molecule has 0 saturated heterocycles. The minimum absolute atomic E-state index is 0.415. The monoisotopic (exact) mass is 286 g/mol. The molecule has 0 amide bonds. The molecule has 0 atom stereocenters. The van der Waals surface area contributed by atoms with E-state index < -0.39 is 0 Å². The molecule has 112 valence electrons. The molecule has 0 radical (unpaired) electrons. The molecule has 0 aliphatic carbocycles. The lowest BCUT2D eigenvalue weighted by molar-refractivity contribution is 0.300. The zero-order valence-corrected chi connectivity index (χ0v) is 12.7. The maximum atomic E-state index is 5.79. The molecule has 0 saturated carbocycles. The van der Waals surface area contributed by atoms with Gasteiger partial charge in [-0.15, -0.1) is 0 Å². The molecular weight excluding hydrogens is 264 g/mol. The Morgan fingerprint density at radius 1 is 1.24 bits per heavy atom. The van der Waals surface area contributed by atoms with Crippen LogP contribution in [0.4, 0.5) is 5.82 Å². The van der Waals surface area contributed by atoms with Gasteiger partial charge in [-0.25, -0.2) is 9.97 Å². The van der Waals surface area contributed by atoms with Gasteiger partial charge in [0.25, 0.3) is 0 Å². The average molecular weight is 286 g/mol. The maximum Gasteiger partial charge on any atom is 0.180 e. The number of aryl methyl sites for hydroxylation is 1. The third kappa shape index (κ3) is 5.02. The number of hydrogen-bond acceptors (Lipinski definition) is 5. The van der Waals surface area contributed by atoms with Gasteiger partial charge in [0.1, 0.15) is 12.9 Å². The lowest BCUT2D eigenvalue weighted by Gasteiger charge is -2.11. The van der Waals surface area contributed by atoms with Crippen LogP contribution in [0.1, 0.15) is 37.6 Å². The van der Waals surface area contributed by atoms with Gasteiger partial charge < -0.3 is 10.1 Å². The molecular formula is C16H22N4O. The molecule has 0 spiro atoms. The van der Waals surface area contributed by atoms with E-state index >= 15 is 0 Å². The van der Waals surface area contributed by atoms with Crippen LogP contribution in [0.5, 0.6) is 5.75 Å². The molecule has 0 fully saturated rings. The Morgan fingerprint density at radius 3 is 2.95 bits per heavy atom. The summed E-state index contributed by atoms with van der Waals surface area (Å²) in [5, 5.41) is 3.30. The van der Waals surface area contributed by atoms with Gasteiger partial charge in [-0.05, 0) is 25.5 Å². The Balaban J connectivity index is 1.93. The molecule has 0 aromatic carbocycles. The first-order valence-corrected chi connectivity index (χ1v) is 7.39. The summed E-state index contributed by atoms with van der Waals surface area (Å²) in [6, 6.07) is 5.90. The summed E-state index contributed by atoms with van der Waals surface area (Å²) in [6.45, 7) is 5.46. The molecule has 5 nitrogen and oxygen atoms in total. The van der Waals surface area contributed by atoms with E-state index in [4.69, 9.17) is 4.74 Å². The van der Waals surface area contributed by atoms with Crippen LogP contribution in [-0.2, 0) is 6.61 Å². The highest BCUT2D eigenvalue weighted by Gasteiger charge is 2.05. The van der Waals surface area contributed by atoms with E-state index in [-0.39, 0.29) is 0 Å². The number of unbranched alkanes of at least 4 members (excludes halogenated alkanes) is 2. The van der Waals surface area contributed by atoms with Crippen molar-refractivity contribution in [3.8, 4) is 5.75 Å². The second kappa shape index (κ2) is 8.19. The minimum Gasteiger partial charge on any atom is -0.482 e. The molecule has 0 unspecified atom stereocenters. The molecule has 5 heteroatoms. The number of hydrogen-bond donors (Lipinski definition) is 1. The van der Waals surface area contributed by atoms with E-state index in [1.165, 1.54) is 19.2 Å². The minimum atomic E-state index is 0.415. The van der Waals surface area contributed by atoms with Crippen LogP contribution in [0.15, 0.2) is 30.7 Å². The normalized spacial score (nSPS) is 10.4. The average Bonchev–Trinajstić information content (AvgIpc) is 2.50. The zero-order valence-electron chi connectivity index (χ0n) is 12.7. The molecule has 0 bridgehead atoms. The van der Waals surface area contributed by atoms with Crippen molar-refractivity contribution in [2.75, 3.05) is 11.9 Å². The van der Waals surface area contributed by atoms with Crippen molar-refractivity contribution in [2.24, 2.45) is 0 Å². The predicted molar refractivity (Wildman–Crippen MR) is 83.4 cm³/mol. The Kier molecular flexibility index (Phi) is 5.94. The van der Waals surface area contributed by atoms with Gasteiger partial charge in [-0.2, -0.15) is 0 Å². The van der Waals surface area contributed by atoms with Crippen molar-refractivity contribution in [1.82, 2.24) is 15.0 Å². The van der Waals surface area contributed by atoms with Gasteiger partial charge in [0.05, 0.1) is 11.9 Å². The second-order valence-corrected chi connectivity index (χ2v) is 4.93. The topological polar surface area (TPSA) is 59.9 Å². The molecule has 1 N–H and O–H groups in total. The van der Waals surface area contributed by atoms with Gasteiger partial charge in [0, 0.05) is 12.2 Å². The lowest BCUT2D eigenvalue weighted by Crippen LogP contribution is -2.07. The van der Waals surface area contributed by atoms with Gasteiger partial charge in [-0.1, -0.05) is 25.8 Å². The van der Waals surface area contributed by atoms with E-state index in [0.717, 1.165) is 30.2 Å². The smallest absolute Gasteiger partial charge is 0.180 e. The van der Waals surface area contributed by atoms with Crippen LogP contribution in [0.25, 0.3) is 0 Å². The molecule has 2 aromatic heterocycles. The Hall–Kier alpha value is -2.17. The summed E-state index contributed by atoms with van der Waals surface area (Å²) in [5.74, 6) is 1.41. The molecule has 0 aliphatic rings. The third-order valence-electron chi connectivity index (χ3n) is 3.07. The van der Waals surface area contributed by atoms with Gasteiger partial charge >= 0.3 is 0 Å². The Bertz CT molecular complexity index is 559. The fourth-order valence-corrected chi connectivity index (χ4v) is 1.97.